The summed E-state index contributed by atoms with van der Waals surface area (Å²) >= 11 is 0. The van der Waals surface area contributed by atoms with Crippen molar-refractivity contribution in [2.45, 2.75) is 39.5 Å². The van der Waals surface area contributed by atoms with Crippen molar-refractivity contribution in [3.63, 3.8) is 0 Å². The number of para-hydroxylation sites is 1. The molecule has 0 amide bonds. The first-order valence-electron chi connectivity index (χ1n) is 6.99. The molecule has 19 heavy (non-hydrogen) atoms. The highest BCUT2D eigenvalue weighted by Gasteiger charge is 2.12. The Hall–Kier alpha value is -1.76. The summed E-state index contributed by atoms with van der Waals surface area (Å²) in [7, 11) is 0. The number of hydrogen-bond donors (Lipinski definition) is 1. The summed E-state index contributed by atoms with van der Waals surface area (Å²) in [5, 5.41) is 0. The largest absolute Gasteiger partial charge is 0.398 e. The molecule has 0 saturated heterocycles. The quantitative estimate of drug-likeness (QED) is 0.749. The van der Waals surface area contributed by atoms with Gasteiger partial charge in [-0.1, -0.05) is 64.1 Å². The molecule has 0 bridgehead atoms. The predicted molar refractivity (Wildman–Crippen MR) is 84.5 cm³/mol. The van der Waals surface area contributed by atoms with E-state index in [4.69, 9.17) is 5.73 Å². The van der Waals surface area contributed by atoms with Gasteiger partial charge in [0.05, 0.1) is 0 Å². The van der Waals surface area contributed by atoms with E-state index in [-0.39, 0.29) is 0 Å². The van der Waals surface area contributed by atoms with Crippen LogP contribution < -0.4 is 5.73 Å². The minimum absolute atomic E-state index is 0.494. The van der Waals surface area contributed by atoms with Crippen LogP contribution in [0.4, 0.5) is 5.69 Å². The molecule has 2 aromatic carbocycles. The second-order valence-electron chi connectivity index (χ2n) is 5.74. The number of benzene rings is 2. The SMILES string of the molecule is CC(C)c1ccc(-c2ccccc2N)c(C(C)C)c1. The third kappa shape index (κ3) is 2.81. The molecule has 0 atom stereocenters. The van der Waals surface area contributed by atoms with E-state index < -0.39 is 0 Å². The van der Waals surface area contributed by atoms with Crippen molar-refractivity contribution in [3.8, 4) is 11.1 Å². The van der Waals surface area contributed by atoms with Gasteiger partial charge in [0.1, 0.15) is 0 Å². The van der Waals surface area contributed by atoms with Gasteiger partial charge in [-0.3, -0.25) is 0 Å². The Bertz CT molecular complexity index is 568. The zero-order valence-electron chi connectivity index (χ0n) is 12.3. The first-order valence-corrected chi connectivity index (χ1v) is 6.99. The molecule has 2 aromatic rings. The van der Waals surface area contributed by atoms with Crippen molar-refractivity contribution < 1.29 is 0 Å². The topological polar surface area (TPSA) is 26.0 Å². The molecule has 1 heteroatoms. The molecule has 0 aliphatic heterocycles. The van der Waals surface area contributed by atoms with Crippen molar-refractivity contribution in [1.29, 1.82) is 0 Å². The van der Waals surface area contributed by atoms with Crippen molar-refractivity contribution in [2.24, 2.45) is 0 Å². The molecule has 2 rings (SSSR count). The smallest absolute Gasteiger partial charge is 0.0393 e. The molecule has 0 saturated carbocycles. The molecule has 1 nitrogen and oxygen atoms in total. The lowest BCUT2D eigenvalue weighted by Gasteiger charge is -2.17. The molecule has 0 unspecified atom stereocenters. The van der Waals surface area contributed by atoms with Crippen molar-refractivity contribution in [3.05, 3.63) is 53.6 Å². The van der Waals surface area contributed by atoms with E-state index in [1.165, 1.54) is 16.7 Å². The van der Waals surface area contributed by atoms with Gasteiger partial charge < -0.3 is 5.73 Å². The summed E-state index contributed by atoms with van der Waals surface area (Å²) in [6.07, 6.45) is 0. The fourth-order valence-corrected chi connectivity index (χ4v) is 2.41. The van der Waals surface area contributed by atoms with Gasteiger partial charge in [-0.25, -0.2) is 0 Å². The normalized spacial score (nSPS) is 11.3. The second kappa shape index (κ2) is 5.48. The average Bonchev–Trinajstić information content (AvgIpc) is 2.38. The number of hydrogen-bond acceptors (Lipinski definition) is 1. The Morgan fingerprint density at radius 3 is 2.05 bits per heavy atom. The van der Waals surface area contributed by atoms with Crippen LogP contribution in [0.25, 0.3) is 11.1 Å². The standard InChI is InChI=1S/C18H23N/c1-12(2)14-9-10-15(17(11-14)13(3)4)16-7-5-6-8-18(16)19/h5-13H,19H2,1-4H3. The Morgan fingerprint density at radius 1 is 0.789 bits per heavy atom. The number of rotatable bonds is 3. The highest BCUT2D eigenvalue weighted by molar-refractivity contribution is 5.79. The highest BCUT2D eigenvalue weighted by atomic mass is 14.6. The van der Waals surface area contributed by atoms with Crippen molar-refractivity contribution in [1.82, 2.24) is 0 Å². The fourth-order valence-electron chi connectivity index (χ4n) is 2.41. The number of anilines is 1. The van der Waals surface area contributed by atoms with Gasteiger partial charge in [-0.15, -0.1) is 0 Å². The van der Waals surface area contributed by atoms with Crippen LogP contribution >= 0.6 is 0 Å². The van der Waals surface area contributed by atoms with Crippen LogP contribution in [0.2, 0.25) is 0 Å². The lowest BCUT2D eigenvalue weighted by atomic mass is 9.88. The van der Waals surface area contributed by atoms with Gasteiger partial charge in [0, 0.05) is 11.3 Å². The maximum absolute atomic E-state index is 6.12. The maximum atomic E-state index is 6.12. The van der Waals surface area contributed by atoms with E-state index in [0.29, 0.717) is 11.8 Å². The zero-order valence-corrected chi connectivity index (χ0v) is 12.3. The molecule has 0 heterocycles. The Balaban J connectivity index is 2.61. The fraction of sp³-hybridized carbons (Fsp3) is 0.333. The molecule has 0 aliphatic rings. The van der Waals surface area contributed by atoms with Gasteiger partial charge in [0.15, 0.2) is 0 Å². The van der Waals surface area contributed by atoms with E-state index in [2.05, 4.69) is 52.0 Å². The van der Waals surface area contributed by atoms with Crippen LogP contribution in [0.3, 0.4) is 0 Å². The van der Waals surface area contributed by atoms with Gasteiger partial charge in [0.2, 0.25) is 0 Å². The predicted octanol–water partition coefficient (Wildman–Crippen LogP) is 5.18. The van der Waals surface area contributed by atoms with E-state index in [1.54, 1.807) is 0 Å². The number of nitrogens with two attached hydrogens (primary N) is 1. The first kappa shape index (κ1) is 13.7. The zero-order chi connectivity index (χ0) is 14.0. The van der Waals surface area contributed by atoms with E-state index in [0.717, 1.165) is 11.3 Å². The van der Waals surface area contributed by atoms with Crippen LogP contribution in [0.5, 0.6) is 0 Å². The summed E-state index contributed by atoms with van der Waals surface area (Å²) in [5.41, 5.74) is 12.1. The molecule has 2 N–H and O–H groups in total. The van der Waals surface area contributed by atoms with Crippen molar-refractivity contribution >= 4 is 5.69 Å². The third-order valence-electron chi connectivity index (χ3n) is 3.62. The van der Waals surface area contributed by atoms with E-state index in [1.807, 2.05) is 18.2 Å². The van der Waals surface area contributed by atoms with Gasteiger partial charge in [-0.05, 0) is 34.6 Å². The Kier molecular flexibility index (Phi) is 3.94. The molecule has 0 aliphatic carbocycles. The Morgan fingerprint density at radius 2 is 1.47 bits per heavy atom. The third-order valence-corrected chi connectivity index (χ3v) is 3.62. The summed E-state index contributed by atoms with van der Waals surface area (Å²) in [5.74, 6) is 1.05. The summed E-state index contributed by atoms with van der Waals surface area (Å²) < 4.78 is 0. The highest BCUT2D eigenvalue weighted by Crippen LogP contribution is 2.34. The number of nitrogen functional groups attached to an aromatic ring is 1. The minimum atomic E-state index is 0.494. The molecular formula is C18H23N. The monoisotopic (exact) mass is 253 g/mol. The first-order chi connectivity index (χ1) is 9.00. The van der Waals surface area contributed by atoms with Crippen LogP contribution in [0.1, 0.15) is 50.7 Å². The van der Waals surface area contributed by atoms with Gasteiger partial charge in [0.25, 0.3) is 0 Å². The van der Waals surface area contributed by atoms with Crippen LogP contribution in [0.15, 0.2) is 42.5 Å². The maximum Gasteiger partial charge on any atom is 0.0393 e. The van der Waals surface area contributed by atoms with E-state index >= 15 is 0 Å². The molecule has 0 fully saturated rings. The molecule has 0 aromatic heterocycles. The van der Waals surface area contributed by atoms with Gasteiger partial charge in [-0.2, -0.15) is 0 Å². The minimum Gasteiger partial charge on any atom is -0.398 e. The van der Waals surface area contributed by atoms with Crippen LogP contribution in [0, 0.1) is 0 Å². The van der Waals surface area contributed by atoms with E-state index in [9.17, 15) is 0 Å². The van der Waals surface area contributed by atoms with Crippen molar-refractivity contribution in [2.75, 3.05) is 5.73 Å². The lowest BCUT2D eigenvalue weighted by Crippen LogP contribution is -1.98. The second-order valence-corrected chi connectivity index (χ2v) is 5.74. The van der Waals surface area contributed by atoms with Crippen LogP contribution in [-0.4, -0.2) is 0 Å². The Labute approximate surface area is 116 Å². The van der Waals surface area contributed by atoms with Gasteiger partial charge >= 0.3 is 0 Å². The summed E-state index contributed by atoms with van der Waals surface area (Å²) in [4.78, 5) is 0. The lowest BCUT2D eigenvalue weighted by molar-refractivity contribution is 0.835. The molecule has 0 spiro atoms. The summed E-state index contributed by atoms with van der Waals surface area (Å²) in [6.45, 7) is 8.94. The molecular weight excluding hydrogens is 230 g/mol. The molecule has 0 radical (unpaired) electrons. The molecule has 100 valence electrons. The summed E-state index contributed by atoms with van der Waals surface area (Å²) in [6, 6.07) is 14.9. The average molecular weight is 253 g/mol. The van der Waals surface area contributed by atoms with Crippen LogP contribution in [-0.2, 0) is 0 Å².